The Balaban J connectivity index is 2.04. The number of nitrogens with zero attached hydrogens (tertiary/aromatic N) is 2. The average Bonchev–Trinajstić information content (AvgIpc) is 3.05. The minimum atomic E-state index is -0.174. The van der Waals surface area contributed by atoms with Gasteiger partial charge in [0.15, 0.2) is 6.54 Å². The number of halogens is 1. The van der Waals surface area contributed by atoms with E-state index in [0.717, 1.165) is 31.2 Å². The van der Waals surface area contributed by atoms with Crippen LogP contribution in [0.15, 0.2) is 24.3 Å². The third-order valence-electron chi connectivity index (χ3n) is 4.59. The van der Waals surface area contributed by atoms with E-state index >= 15 is 0 Å². The minimum Gasteiger partial charge on any atom is -0.234 e. The van der Waals surface area contributed by atoms with Crippen molar-refractivity contribution < 1.29 is 9.28 Å². The summed E-state index contributed by atoms with van der Waals surface area (Å²) in [6.45, 7) is 0.655. The fraction of sp³-hybridized carbons (Fsp3) is 0.429. The monoisotopic (exact) mass is 261 g/mol. The van der Waals surface area contributed by atoms with Gasteiger partial charge < -0.3 is 0 Å². The fourth-order valence-corrected chi connectivity index (χ4v) is 3.42. The maximum atomic E-state index is 11.5. The molecule has 1 saturated carbocycles. The normalized spacial score (nSPS) is 32.1. The van der Waals surface area contributed by atoms with Crippen LogP contribution in [0.25, 0.3) is 0 Å². The van der Waals surface area contributed by atoms with Gasteiger partial charge in [0.25, 0.3) is 0 Å². The molecule has 1 aliphatic carbocycles. The van der Waals surface area contributed by atoms with Crippen molar-refractivity contribution in [2.75, 3.05) is 6.54 Å². The van der Waals surface area contributed by atoms with Crippen molar-refractivity contribution >= 4 is 18.0 Å². The van der Waals surface area contributed by atoms with Crippen LogP contribution in [0.3, 0.4) is 0 Å². The van der Waals surface area contributed by atoms with Gasteiger partial charge in [-0.25, -0.2) is 9.28 Å². The molecule has 0 aromatic heterocycles. The van der Waals surface area contributed by atoms with E-state index in [0.29, 0.717) is 16.1 Å². The molecular weight excluding hydrogens is 248 g/mol. The molecule has 1 aromatic rings. The topological polar surface area (TPSA) is 40.9 Å². The lowest BCUT2D eigenvalue weighted by Gasteiger charge is -2.45. The summed E-state index contributed by atoms with van der Waals surface area (Å²) in [5, 5.41) is 9.80. The minimum absolute atomic E-state index is 0.168. The van der Waals surface area contributed by atoms with Crippen LogP contribution < -0.4 is 0 Å². The van der Waals surface area contributed by atoms with Gasteiger partial charge in [0.05, 0.1) is 0 Å². The Kier molecular flexibility index (Phi) is 2.48. The molecule has 1 amide bonds. The van der Waals surface area contributed by atoms with Crippen molar-refractivity contribution in [1.82, 2.24) is 0 Å². The number of carbonyl (C=O) groups is 1. The number of rotatable bonds is 3. The van der Waals surface area contributed by atoms with E-state index in [1.807, 2.05) is 24.3 Å². The second-order valence-corrected chi connectivity index (χ2v) is 5.69. The van der Waals surface area contributed by atoms with Crippen LogP contribution in [0, 0.1) is 11.3 Å². The Bertz CT molecular complexity index is 530. The summed E-state index contributed by atoms with van der Waals surface area (Å²) in [4.78, 5) is 11.5. The summed E-state index contributed by atoms with van der Waals surface area (Å²) in [7, 11) is 0. The summed E-state index contributed by atoms with van der Waals surface area (Å²) < 4.78 is 0.297. The molecule has 18 heavy (non-hydrogen) atoms. The second-order valence-electron chi connectivity index (χ2n) is 5.26. The van der Waals surface area contributed by atoms with E-state index in [1.165, 1.54) is 0 Å². The first-order valence-electron chi connectivity index (χ1n) is 6.18. The number of carbonyl (C=O) groups excluding carboxylic acids is 1. The second kappa shape index (κ2) is 3.81. The largest absolute Gasteiger partial charge is 0.303 e. The van der Waals surface area contributed by atoms with Crippen LogP contribution in [-0.4, -0.2) is 23.5 Å². The molecule has 2 atom stereocenters. The van der Waals surface area contributed by atoms with Gasteiger partial charge in [-0.05, 0) is 18.6 Å². The Morgan fingerprint density at radius 2 is 2.06 bits per heavy atom. The maximum absolute atomic E-state index is 11.5. The Hall–Kier alpha value is -1.37. The molecule has 3 nitrogen and oxygen atoms in total. The molecule has 2 unspecified atom stereocenters. The van der Waals surface area contributed by atoms with E-state index < -0.39 is 0 Å². The third kappa shape index (κ3) is 1.31. The molecule has 0 N–H and O–H groups in total. The molecule has 2 fully saturated rings. The third-order valence-corrected chi connectivity index (χ3v) is 4.85. The lowest BCUT2D eigenvalue weighted by molar-refractivity contribution is -0.802. The van der Waals surface area contributed by atoms with Crippen LogP contribution in [0.5, 0.6) is 0 Å². The standard InChI is InChI=1S/C14H14ClN2O/c15-12-4-2-11(3-5-12)14(6-1-7-14)17(10-18)9-13(17)8-16/h2-5,10,13H,1,6-7,9H2/q+1. The smallest absolute Gasteiger partial charge is 0.234 e. The molecule has 0 radical (unpaired) electrons. The SMILES string of the molecule is N#CC1C[N+]1(C=O)C1(c2ccc(Cl)cc2)CCC1. The number of amides is 1. The van der Waals surface area contributed by atoms with Gasteiger partial charge in [-0.3, -0.25) is 0 Å². The fourth-order valence-electron chi connectivity index (χ4n) is 3.29. The van der Waals surface area contributed by atoms with Gasteiger partial charge >= 0.3 is 6.41 Å². The maximum Gasteiger partial charge on any atom is 0.303 e. The Morgan fingerprint density at radius 3 is 2.44 bits per heavy atom. The zero-order valence-corrected chi connectivity index (χ0v) is 10.7. The zero-order valence-electron chi connectivity index (χ0n) is 9.97. The van der Waals surface area contributed by atoms with Crippen molar-refractivity contribution in [3.8, 4) is 6.07 Å². The number of hydrogen-bond acceptors (Lipinski definition) is 2. The van der Waals surface area contributed by atoms with E-state index in [2.05, 4.69) is 6.07 Å². The highest BCUT2D eigenvalue weighted by molar-refractivity contribution is 6.30. The first-order chi connectivity index (χ1) is 8.68. The summed E-state index contributed by atoms with van der Waals surface area (Å²) in [6, 6.07) is 9.81. The van der Waals surface area contributed by atoms with E-state index in [4.69, 9.17) is 16.9 Å². The van der Waals surface area contributed by atoms with Gasteiger partial charge in [-0.2, -0.15) is 5.26 Å². The van der Waals surface area contributed by atoms with Crippen molar-refractivity contribution in [2.24, 2.45) is 0 Å². The molecule has 1 aromatic carbocycles. The van der Waals surface area contributed by atoms with E-state index in [9.17, 15) is 4.79 Å². The molecule has 4 heteroatoms. The zero-order chi connectivity index (χ0) is 12.8. The summed E-state index contributed by atoms with van der Waals surface area (Å²) in [6.07, 6.45) is 4.05. The Morgan fingerprint density at radius 1 is 1.39 bits per heavy atom. The van der Waals surface area contributed by atoms with Crippen LogP contribution in [-0.2, 0) is 10.3 Å². The quantitative estimate of drug-likeness (QED) is 0.477. The number of nitriles is 1. The predicted octanol–water partition coefficient (Wildman–Crippen LogP) is 2.60. The van der Waals surface area contributed by atoms with Gasteiger partial charge in [0, 0.05) is 23.4 Å². The highest BCUT2D eigenvalue weighted by Crippen LogP contribution is 2.56. The molecule has 2 aliphatic rings. The number of hydrogen-bond donors (Lipinski definition) is 0. The highest BCUT2D eigenvalue weighted by atomic mass is 35.5. The Labute approximate surface area is 111 Å². The first-order valence-corrected chi connectivity index (χ1v) is 6.56. The molecular formula is C14H14ClN2O+. The summed E-state index contributed by atoms with van der Waals surface area (Å²) in [5.41, 5.74) is 0.968. The van der Waals surface area contributed by atoms with Gasteiger partial charge in [-0.15, -0.1) is 0 Å². The molecule has 0 bridgehead atoms. The summed E-state index contributed by atoms with van der Waals surface area (Å²) >= 11 is 5.92. The number of quaternary nitrogens is 1. The molecule has 0 spiro atoms. The van der Waals surface area contributed by atoms with Crippen molar-refractivity contribution in [3.63, 3.8) is 0 Å². The highest BCUT2D eigenvalue weighted by Gasteiger charge is 2.71. The number of benzene rings is 1. The first kappa shape index (κ1) is 11.7. The predicted molar refractivity (Wildman–Crippen MR) is 67.6 cm³/mol. The molecule has 1 aliphatic heterocycles. The van der Waals surface area contributed by atoms with Gasteiger partial charge in [0.2, 0.25) is 6.04 Å². The molecule has 1 saturated heterocycles. The van der Waals surface area contributed by atoms with E-state index in [-0.39, 0.29) is 11.6 Å². The molecule has 3 rings (SSSR count). The van der Waals surface area contributed by atoms with Crippen LogP contribution in [0.2, 0.25) is 5.02 Å². The van der Waals surface area contributed by atoms with Crippen molar-refractivity contribution in [2.45, 2.75) is 30.8 Å². The van der Waals surface area contributed by atoms with Crippen molar-refractivity contribution in [3.05, 3.63) is 34.9 Å². The molecule has 1 heterocycles. The van der Waals surface area contributed by atoms with Crippen LogP contribution in [0.1, 0.15) is 24.8 Å². The lowest BCUT2D eigenvalue weighted by atomic mass is 9.70. The van der Waals surface area contributed by atoms with E-state index in [1.54, 1.807) is 0 Å². The average molecular weight is 262 g/mol. The lowest BCUT2D eigenvalue weighted by Crippen LogP contribution is -2.54. The molecule has 92 valence electrons. The van der Waals surface area contributed by atoms with Crippen LogP contribution in [0.4, 0.5) is 0 Å². The van der Waals surface area contributed by atoms with Crippen LogP contribution >= 0.6 is 11.6 Å². The summed E-state index contributed by atoms with van der Waals surface area (Å²) in [5.74, 6) is 0. The van der Waals surface area contributed by atoms with Gasteiger partial charge in [0.1, 0.15) is 11.6 Å². The van der Waals surface area contributed by atoms with Gasteiger partial charge in [-0.1, -0.05) is 23.7 Å². The van der Waals surface area contributed by atoms with Crippen molar-refractivity contribution in [1.29, 1.82) is 5.26 Å².